The summed E-state index contributed by atoms with van der Waals surface area (Å²) in [5.41, 5.74) is 0. The molecule has 0 spiro atoms. The third kappa shape index (κ3) is 2.71. The van der Waals surface area contributed by atoms with Crippen LogP contribution in [-0.4, -0.2) is 12.1 Å². The van der Waals surface area contributed by atoms with Gasteiger partial charge in [-0.3, -0.25) is 4.79 Å². The number of carbonyl (C=O) groups is 1. The van der Waals surface area contributed by atoms with Crippen molar-refractivity contribution in [3.63, 3.8) is 0 Å². The van der Waals surface area contributed by atoms with E-state index in [1.54, 1.807) is 0 Å². The van der Waals surface area contributed by atoms with E-state index in [1.165, 1.54) is 0 Å². The summed E-state index contributed by atoms with van der Waals surface area (Å²) in [4.78, 5) is 11.2. The largest absolute Gasteiger partial charge is 0.461 e. The molecule has 1 aliphatic carbocycles. The number of hydrogen-bond acceptors (Lipinski definition) is 2. The van der Waals surface area contributed by atoms with Crippen molar-refractivity contribution in [2.24, 2.45) is 5.92 Å². The predicted molar refractivity (Wildman–Crippen MR) is 59.4 cm³/mol. The highest BCUT2D eigenvalue weighted by molar-refractivity contribution is 5.78. The maximum atomic E-state index is 11.2. The first-order valence-corrected chi connectivity index (χ1v) is 5.88. The minimum absolute atomic E-state index is 0.00874. The lowest BCUT2D eigenvalue weighted by Crippen LogP contribution is -2.44. The Morgan fingerprint density at radius 3 is 2.20 bits per heavy atom. The number of ether oxygens (including phenoxy) is 1. The molecule has 0 aromatic carbocycles. The van der Waals surface area contributed by atoms with Crippen LogP contribution in [0.1, 0.15) is 38.5 Å². The molecule has 0 bridgehead atoms. The minimum atomic E-state index is 0.00874. The maximum absolute atomic E-state index is 11.2. The summed E-state index contributed by atoms with van der Waals surface area (Å²) in [5.74, 6) is 0.178. The van der Waals surface area contributed by atoms with Crippen molar-refractivity contribution in [1.29, 1.82) is 0 Å². The molecule has 2 heteroatoms. The van der Waals surface area contributed by atoms with Gasteiger partial charge < -0.3 is 4.74 Å². The Morgan fingerprint density at radius 2 is 1.53 bits per heavy atom. The van der Waals surface area contributed by atoms with E-state index < -0.39 is 0 Å². The Balaban J connectivity index is 1.90. The van der Waals surface area contributed by atoms with Gasteiger partial charge in [0, 0.05) is 0 Å². The van der Waals surface area contributed by atoms with Gasteiger partial charge in [0.1, 0.15) is 6.10 Å². The van der Waals surface area contributed by atoms with Gasteiger partial charge in [-0.05, 0) is 38.5 Å². The highest BCUT2D eigenvalue weighted by atomic mass is 16.6. The molecule has 0 unspecified atom stereocenters. The van der Waals surface area contributed by atoms with Gasteiger partial charge in [-0.25, -0.2) is 0 Å². The van der Waals surface area contributed by atoms with Crippen LogP contribution >= 0.6 is 0 Å². The smallest absolute Gasteiger partial charge is 0.313 e. The average molecular weight is 206 g/mol. The first-order chi connectivity index (χ1) is 7.38. The van der Waals surface area contributed by atoms with Crippen molar-refractivity contribution in [3.8, 4) is 0 Å². The van der Waals surface area contributed by atoms with Crippen LogP contribution in [0.4, 0.5) is 0 Å². The second kappa shape index (κ2) is 5.15. The van der Waals surface area contributed by atoms with Crippen molar-refractivity contribution >= 4 is 5.97 Å². The number of rotatable bonds is 0. The number of allylic oxidation sites excluding steroid dienone is 4. The lowest BCUT2D eigenvalue weighted by molar-refractivity contribution is -0.185. The lowest BCUT2D eigenvalue weighted by Gasteiger charge is -2.35. The molecule has 1 fully saturated rings. The monoisotopic (exact) mass is 206 g/mol. The fourth-order valence-corrected chi connectivity index (χ4v) is 2.16. The Labute approximate surface area is 91.0 Å². The Hall–Kier alpha value is -1.05. The third-order valence-electron chi connectivity index (χ3n) is 3.11. The number of esters is 1. The van der Waals surface area contributed by atoms with E-state index >= 15 is 0 Å². The van der Waals surface area contributed by atoms with Crippen LogP contribution < -0.4 is 0 Å². The Kier molecular flexibility index (Phi) is 3.59. The molecule has 2 aliphatic rings. The lowest BCUT2D eigenvalue weighted by atomic mass is 9.88. The van der Waals surface area contributed by atoms with Crippen LogP contribution in [0.3, 0.4) is 0 Å². The summed E-state index contributed by atoms with van der Waals surface area (Å²) >= 11 is 0. The molecular weight excluding hydrogens is 188 g/mol. The standard InChI is InChI=1S/C13H18O2/c14-13-11-9-7-5-3-1-2-4-6-8-10-12(11)15-13/h3-6,11-12H,1-2,7-10H2/b5-3+,6-4+/t11-,12-/m1/s1. The van der Waals surface area contributed by atoms with Crippen molar-refractivity contribution in [3.05, 3.63) is 24.3 Å². The summed E-state index contributed by atoms with van der Waals surface area (Å²) in [6.45, 7) is 0. The molecule has 0 radical (unpaired) electrons. The SMILES string of the molecule is O=C1O[C@@H]2CC/C=C/CC/C=C/CC[C@@H]12. The molecule has 2 nitrogen and oxygen atoms in total. The van der Waals surface area contributed by atoms with Gasteiger partial charge in [0.25, 0.3) is 0 Å². The van der Waals surface area contributed by atoms with Crippen LogP contribution in [-0.2, 0) is 9.53 Å². The van der Waals surface area contributed by atoms with Gasteiger partial charge in [0.15, 0.2) is 0 Å². The number of hydrogen-bond donors (Lipinski definition) is 0. The predicted octanol–water partition coefficient (Wildman–Crippen LogP) is 2.99. The molecule has 1 saturated heterocycles. The van der Waals surface area contributed by atoms with E-state index in [1.807, 2.05) is 0 Å². The molecular formula is C13H18O2. The van der Waals surface area contributed by atoms with Gasteiger partial charge in [-0.2, -0.15) is 0 Å². The van der Waals surface area contributed by atoms with Crippen molar-refractivity contribution in [2.75, 3.05) is 0 Å². The van der Waals surface area contributed by atoms with E-state index in [4.69, 9.17) is 4.74 Å². The second-order valence-electron chi connectivity index (χ2n) is 4.26. The highest BCUT2D eigenvalue weighted by Gasteiger charge is 2.40. The highest BCUT2D eigenvalue weighted by Crippen LogP contribution is 2.30. The van der Waals surface area contributed by atoms with E-state index in [-0.39, 0.29) is 18.0 Å². The third-order valence-corrected chi connectivity index (χ3v) is 3.11. The van der Waals surface area contributed by atoms with Gasteiger partial charge in [-0.15, -0.1) is 0 Å². The van der Waals surface area contributed by atoms with Gasteiger partial charge in [0.2, 0.25) is 0 Å². The molecule has 1 aliphatic heterocycles. The Bertz CT molecular complexity index is 278. The molecule has 0 aromatic heterocycles. The molecule has 0 N–H and O–H groups in total. The van der Waals surface area contributed by atoms with E-state index in [2.05, 4.69) is 24.3 Å². The van der Waals surface area contributed by atoms with Crippen molar-refractivity contribution < 1.29 is 9.53 Å². The minimum Gasteiger partial charge on any atom is -0.461 e. The zero-order valence-electron chi connectivity index (χ0n) is 9.02. The van der Waals surface area contributed by atoms with E-state index in [9.17, 15) is 4.79 Å². The van der Waals surface area contributed by atoms with Crippen LogP contribution in [0.2, 0.25) is 0 Å². The zero-order chi connectivity index (χ0) is 10.5. The summed E-state index contributed by atoms with van der Waals surface area (Å²) < 4.78 is 5.15. The second-order valence-corrected chi connectivity index (χ2v) is 4.26. The Morgan fingerprint density at radius 1 is 0.933 bits per heavy atom. The molecule has 82 valence electrons. The van der Waals surface area contributed by atoms with Crippen molar-refractivity contribution in [2.45, 2.75) is 44.6 Å². The van der Waals surface area contributed by atoms with Gasteiger partial charge in [-0.1, -0.05) is 24.3 Å². The molecule has 0 saturated carbocycles. The van der Waals surface area contributed by atoms with Crippen molar-refractivity contribution in [1.82, 2.24) is 0 Å². The summed E-state index contributed by atoms with van der Waals surface area (Å²) in [6, 6.07) is 0. The quantitative estimate of drug-likeness (QED) is 0.450. The number of carbonyl (C=O) groups excluding carboxylic acids is 1. The van der Waals surface area contributed by atoms with Crippen LogP contribution in [0.25, 0.3) is 0 Å². The van der Waals surface area contributed by atoms with Gasteiger partial charge in [0.05, 0.1) is 5.92 Å². The first kappa shape index (κ1) is 10.5. The van der Waals surface area contributed by atoms with Crippen LogP contribution in [0.15, 0.2) is 24.3 Å². The molecule has 2 atom stereocenters. The van der Waals surface area contributed by atoms with E-state index in [0.717, 1.165) is 38.5 Å². The summed E-state index contributed by atoms with van der Waals surface area (Å²) in [7, 11) is 0. The first-order valence-electron chi connectivity index (χ1n) is 5.88. The molecule has 2 rings (SSSR count). The van der Waals surface area contributed by atoms with Crippen LogP contribution in [0.5, 0.6) is 0 Å². The average Bonchev–Trinajstić information content (AvgIpc) is 2.22. The number of fused-ring (bicyclic) bond motifs is 1. The summed E-state index contributed by atoms with van der Waals surface area (Å²) in [5, 5.41) is 0. The molecule has 1 heterocycles. The molecule has 0 aromatic rings. The fraction of sp³-hybridized carbons (Fsp3) is 0.615. The normalized spacial score (nSPS) is 36.1. The summed E-state index contributed by atoms with van der Waals surface area (Å²) in [6.07, 6.45) is 15.3. The topological polar surface area (TPSA) is 26.3 Å². The fourth-order valence-electron chi connectivity index (χ4n) is 2.16. The van der Waals surface area contributed by atoms with Crippen LogP contribution in [0, 0.1) is 5.92 Å². The molecule has 0 amide bonds. The van der Waals surface area contributed by atoms with Gasteiger partial charge >= 0.3 is 5.97 Å². The zero-order valence-corrected chi connectivity index (χ0v) is 9.02. The molecule has 15 heavy (non-hydrogen) atoms. The maximum Gasteiger partial charge on any atom is 0.313 e. The van der Waals surface area contributed by atoms with E-state index in [0.29, 0.717) is 0 Å².